The van der Waals surface area contributed by atoms with Crippen LogP contribution in [0.5, 0.6) is 0 Å². The van der Waals surface area contributed by atoms with Crippen molar-refractivity contribution in [2.45, 2.75) is 70.4 Å². The maximum absolute atomic E-state index is 14.0. The van der Waals surface area contributed by atoms with Crippen LogP contribution in [-0.2, 0) is 14.4 Å². The van der Waals surface area contributed by atoms with E-state index in [1.807, 2.05) is 60.7 Å². The minimum atomic E-state index is -0.393. The zero-order chi connectivity index (χ0) is 25.2. The number of hydrogen-bond acceptors (Lipinski definition) is 5. The Morgan fingerprint density at radius 1 is 0.914 bits per heavy atom. The van der Waals surface area contributed by atoms with Crippen LogP contribution in [-0.4, -0.2) is 41.6 Å². The first-order chi connectivity index (χ1) is 16.7. The number of hydroxylamine groups is 2. The summed E-state index contributed by atoms with van der Waals surface area (Å²) in [5.74, 6) is -1.32. The van der Waals surface area contributed by atoms with E-state index in [1.165, 1.54) is 13.5 Å². The Kier molecular flexibility index (Phi) is 7.48. The van der Waals surface area contributed by atoms with Crippen LogP contribution in [0.25, 0.3) is 0 Å². The molecule has 0 spiro atoms. The van der Waals surface area contributed by atoms with Crippen LogP contribution < -0.4 is 0 Å². The van der Waals surface area contributed by atoms with Gasteiger partial charge in [-0.1, -0.05) is 60.7 Å². The molecule has 188 valence electrons. The van der Waals surface area contributed by atoms with Crippen molar-refractivity contribution in [1.29, 1.82) is 0 Å². The first-order valence-corrected chi connectivity index (χ1v) is 12.8. The second-order valence-corrected chi connectivity index (χ2v) is 11.4. The molecule has 0 aromatic heterocycles. The highest BCUT2D eigenvalue weighted by Crippen LogP contribution is 2.50. The zero-order valence-electron chi connectivity index (χ0n) is 21.7. The number of methoxy groups -OCH3 is 1. The normalized spacial score (nSPS) is 27.9. The molecule has 1 aliphatic carbocycles. The summed E-state index contributed by atoms with van der Waals surface area (Å²) < 4.78 is 5.23. The molecule has 0 amide bonds. The standard InChI is InChI=1S/C30H39NO4/c1-29(2)17-12-18-30(3,4)31(29)35-20-23-19-24(28(33)34-5)25(21-13-8-6-9-14-21)26(23)27(32)22-15-10-7-11-16-22/h6-11,13-16,23-26H,12,17-20H2,1-5H3/t23-,24-,25+,26+/m0/s1. The molecule has 0 radical (unpaired) electrons. The number of carbonyl (C=O) groups excluding carboxylic acids is 2. The zero-order valence-corrected chi connectivity index (χ0v) is 21.7. The molecule has 5 heteroatoms. The van der Waals surface area contributed by atoms with E-state index in [0.29, 0.717) is 18.6 Å². The van der Waals surface area contributed by atoms with Crippen molar-refractivity contribution in [3.05, 3.63) is 71.8 Å². The molecule has 35 heavy (non-hydrogen) atoms. The number of carbonyl (C=O) groups is 2. The summed E-state index contributed by atoms with van der Waals surface area (Å²) in [6.07, 6.45) is 3.85. The maximum Gasteiger partial charge on any atom is 0.309 e. The van der Waals surface area contributed by atoms with Gasteiger partial charge in [0.25, 0.3) is 0 Å². The van der Waals surface area contributed by atoms with Crippen LogP contribution in [0.1, 0.15) is 75.2 Å². The Bertz CT molecular complexity index is 1000. The van der Waals surface area contributed by atoms with Crippen LogP contribution in [0.3, 0.4) is 0 Å². The quantitative estimate of drug-likeness (QED) is 0.359. The lowest BCUT2D eigenvalue weighted by Gasteiger charge is -2.51. The first kappa shape index (κ1) is 25.6. The molecular weight excluding hydrogens is 438 g/mol. The number of hydrogen-bond donors (Lipinski definition) is 0. The summed E-state index contributed by atoms with van der Waals surface area (Å²) in [5.41, 5.74) is 1.48. The van der Waals surface area contributed by atoms with Gasteiger partial charge in [-0.2, -0.15) is 5.06 Å². The Hall–Kier alpha value is -2.50. The van der Waals surface area contributed by atoms with E-state index >= 15 is 0 Å². The summed E-state index contributed by atoms with van der Waals surface area (Å²) in [4.78, 5) is 33.5. The van der Waals surface area contributed by atoms with Crippen molar-refractivity contribution in [3.8, 4) is 0 Å². The fourth-order valence-corrected chi connectivity index (χ4v) is 6.51. The van der Waals surface area contributed by atoms with Crippen molar-refractivity contribution in [1.82, 2.24) is 5.06 Å². The average Bonchev–Trinajstić information content (AvgIpc) is 3.22. The van der Waals surface area contributed by atoms with Gasteiger partial charge in [0.15, 0.2) is 5.78 Å². The average molecular weight is 478 g/mol. The highest BCUT2D eigenvalue weighted by Gasteiger charge is 2.52. The lowest BCUT2D eigenvalue weighted by atomic mass is 9.77. The molecule has 1 aliphatic heterocycles. The van der Waals surface area contributed by atoms with E-state index < -0.39 is 5.92 Å². The van der Waals surface area contributed by atoms with Gasteiger partial charge in [0.1, 0.15) is 0 Å². The van der Waals surface area contributed by atoms with Crippen molar-refractivity contribution < 1.29 is 19.2 Å². The van der Waals surface area contributed by atoms with Gasteiger partial charge in [0.05, 0.1) is 19.6 Å². The van der Waals surface area contributed by atoms with E-state index in [1.54, 1.807) is 0 Å². The fourth-order valence-electron chi connectivity index (χ4n) is 6.51. The molecule has 5 nitrogen and oxygen atoms in total. The van der Waals surface area contributed by atoms with Gasteiger partial charge in [0.2, 0.25) is 0 Å². The van der Waals surface area contributed by atoms with Crippen molar-refractivity contribution in [2.75, 3.05) is 13.7 Å². The van der Waals surface area contributed by atoms with Crippen LogP contribution in [0.4, 0.5) is 0 Å². The summed E-state index contributed by atoms with van der Waals surface area (Å²) in [6, 6.07) is 19.4. The molecule has 1 saturated carbocycles. The highest BCUT2D eigenvalue weighted by atomic mass is 16.7. The molecular formula is C30H39NO4. The monoisotopic (exact) mass is 477 g/mol. The summed E-state index contributed by atoms with van der Waals surface area (Å²) in [6.45, 7) is 9.28. The van der Waals surface area contributed by atoms with Crippen LogP contribution in [0.2, 0.25) is 0 Å². The van der Waals surface area contributed by atoms with Crippen molar-refractivity contribution >= 4 is 11.8 Å². The van der Waals surface area contributed by atoms with Gasteiger partial charge in [-0.05, 0) is 64.9 Å². The molecule has 2 aromatic rings. The van der Waals surface area contributed by atoms with E-state index in [4.69, 9.17) is 9.57 Å². The molecule has 0 unspecified atom stereocenters. The largest absolute Gasteiger partial charge is 0.469 e. The second kappa shape index (κ2) is 10.2. The van der Waals surface area contributed by atoms with E-state index in [0.717, 1.165) is 18.4 Å². The lowest BCUT2D eigenvalue weighted by molar-refractivity contribution is -0.286. The fraction of sp³-hybridized carbons (Fsp3) is 0.533. The lowest BCUT2D eigenvalue weighted by Crippen LogP contribution is -2.58. The number of ether oxygens (including phenoxy) is 1. The van der Waals surface area contributed by atoms with Crippen LogP contribution >= 0.6 is 0 Å². The number of esters is 1. The third-order valence-electron chi connectivity index (χ3n) is 8.03. The van der Waals surface area contributed by atoms with Crippen molar-refractivity contribution in [3.63, 3.8) is 0 Å². The number of nitrogens with zero attached hydrogens (tertiary/aromatic N) is 1. The number of benzene rings is 2. The SMILES string of the molecule is COC(=O)[C@H]1C[C@@H](CON2C(C)(C)CCCC2(C)C)[C@@H](C(=O)c2ccccc2)[C@@H]1c1ccccc1. The molecule has 2 fully saturated rings. The molecule has 4 atom stereocenters. The van der Waals surface area contributed by atoms with Gasteiger partial charge in [-0.15, -0.1) is 0 Å². The summed E-state index contributed by atoms with van der Waals surface area (Å²) in [5, 5.41) is 2.15. The number of rotatable bonds is 7. The third kappa shape index (κ3) is 5.22. The molecule has 1 saturated heterocycles. The smallest absolute Gasteiger partial charge is 0.309 e. The predicted molar refractivity (Wildman–Crippen MR) is 137 cm³/mol. The first-order valence-electron chi connectivity index (χ1n) is 12.8. The third-order valence-corrected chi connectivity index (χ3v) is 8.03. The highest BCUT2D eigenvalue weighted by molar-refractivity contribution is 5.99. The summed E-state index contributed by atoms with van der Waals surface area (Å²) in [7, 11) is 1.43. The second-order valence-electron chi connectivity index (χ2n) is 11.4. The molecule has 2 aliphatic rings. The molecule has 0 N–H and O–H groups in total. The predicted octanol–water partition coefficient (Wildman–Crippen LogP) is 6.05. The van der Waals surface area contributed by atoms with Crippen LogP contribution in [0.15, 0.2) is 60.7 Å². The number of Topliss-reactive ketones (excluding diaryl/α,β-unsaturated/α-hetero) is 1. The molecule has 0 bridgehead atoms. The number of piperidine rings is 1. The van der Waals surface area contributed by atoms with Crippen molar-refractivity contribution in [2.24, 2.45) is 17.8 Å². The Balaban J connectivity index is 1.70. The Labute approximate surface area is 209 Å². The number of ketones is 1. The van der Waals surface area contributed by atoms with Gasteiger partial charge < -0.3 is 4.74 Å². The molecule has 2 aromatic carbocycles. The van der Waals surface area contributed by atoms with Gasteiger partial charge in [-0.3, -0.25) is 14.4 Å². The Morgan fingerprint density at radius 3 is 2.06 bits per heavy atom. The maximum atomic E-state index is 14.0. The minimum absolute atomic E-state index is 0.0663. The van der Waals surface area contributed by atoms with Gasteiger partial charge in [-0.25, -0.2) is 0 Å². The van der Waals surface area contributed by atoms with Crippen LogP contribution in [0, 0.1) is 17.8 Å². The van der Waals surface area contributed by atoms with Gasteiger partial charge >= 0.3 is 5.97 Å². The minimum Gasteiger partial charge on any atom is -0.469 e. The summed E-state index contributed by atoms with van der Waals surface area (Å²) >= 11 is 0. The topological polar surface area (TPSA) is 55.8 Å². The van der Waals surface area contributed by atoms with E-state index in [2.05, 4.69) is 32.8 Å². The molecule has 1 heterocycles. The van der Waals surface area contributed by atoms with Gasteiger partial charge in [0, 0.05) is 28.5 Å². The Morgan fingerprint density at radius 2 is 1.49 bits per heavy atom. The van der Waals surface area contributed by atoms with E-state index in [-0.39, 0.29) is 40.6 Å². The van der Waals surface area contributed by atoms with E-state index in [9.17, 15) is 9.59 Å². The molecule has 4 rings (SSSR count).